The fourth-order valence-corrected chi connectivity index (χ4v) is 1.75. The monoisotopic (exact) mass is 267 g/mol. The van der Waals surface area contributed by atoms with Crippen molar-refractivity contribution in [1.29, 1.82) is 0 Å². The number of nitrogens with one attached hydrogen (secondary N) is 1. The summed E-state index contributed by atoms with van der Waals surface area (Å²) in [7, 11) is 1.61. The predicted molar refractivity (Wildman–Crippen MR) is 76.7 cm³/mol. The van der Waals surface area contributed by atoms with E-state index in [1.165, 1.54) is 0 Å². The Bertz CT molecular complexity index is 368. The van der Waals surface area contributed by atoms with Gasteiger partial charge in [0.05, 0.1) is 20.3 Å². The zero-order chi connectivity index (χ0) is 14.1. The lowest BCUT2D eigenvalue weighted by Gasteiger charge is -2.16. The predicted octanol–water partition coefficient (Wildman–Crippen LogP) is 2.20. The van der Waals surface area contributed by atoms with Gasteiger partial charge in [0.2, 0.25) is 0 Å². The third-order valence-electron chi connectivity index (χ3n) is 2.85. The highest BCUT2D eigenvalue weighted by molar-refractivity contribution is 5.42. The molecule has 0 aliphatic heterocycles. The summed E-state index contributed by atoms with van der Waals surface area (Å²) in [6, 6.07) is 5.49. The Hall–Kier alpha value is -1.26. The number of aliphatic hydroxyl groups excluding tert-OH is 1. The Morgan fingerprint density at radius 1 is 1.32 bits per heavy atom. The molecule has 1 unspecified atom stereocenters. The molecule has 4 nitrogen and oxygen atoms in total. The van der Waals surface area contributed by atoms with Crippen molar-refractivity contribution in [2.45, 2.75) is 26.9 Å². The minimum absolute atomic E-state index is 0.00792. The summed E-state index contributed by atoms with van der Waals surface area (Å²) in [6.45, 7) is 6.95. The number of benzene rings is 1. The van der Waals surface area contributed by atoms with Gasteiger partial charge in [-0.05, 0) is 30.7 Å². The zero-order valence-corrected chi connectivity index (χ0v) is 12.1. The Balaban J connectivity index is 2.47. The molecule has 2 N–H and O–H groups in total. The van der Waals surface area contributed by atoms with Crippen LogP contribution in [0, 0.1) is 5.92 Å². The van der Waals surface area contributed by atoms with Crippen molar-refractivity contribution < 1.29 is 14.6 Å². The molecule has 0 aromatic heterocycles. The molecule has 4 heteroatoms. The van der Waals surface area contributed by atoms with Gasteiger partial charge in [0, 0.05) is 12.5 Å². The van der Waals surface area contributed by atoms with E-state index < -0.39 is 0 Å². The zero-order valence-electron chi connectivity index (χ0n) is 12.1. The van der Waals surface area contributed by atoms with Crippen LogP contribution in [0.15, 0.2) is 18.2 Å². The first-order valence-electron chi connectivity index (χ1n) is 6.82. The lowest BCUT2D eigenvalue weighted by atomic mass is 10.2. The Morgan fingerprint density at radius 2 is 2.11 bits per heavy atom. The second kappa shape index (κ2) is 8.77. The topological polar surface area (TPSA) is 50.7 Å². The first-order chi connectivity index (χ1) is 9.21. The van der Waals surface area contributed by atoms with Gasteiger partial charge in [0.15, 0.2) is 11.5 Å². The molecule has 1 rings (SSSR count). The summed E-state index contributed by atoms with van der Waals surface area (Å²) in [5, 5.41) is 12.5. The molecule has 0 spiro atoms. The van der Waals surface area contributed by atoms with Crippen molar-refractivity contribution >= 4 is 0 Å². The number of hydrogen-bond acceptors (Lipinski definition) is 4. The van der Waals surface area contributed by atoms with Gasteiger partial charge in [-0.25, -0.2) is 0 Å². The van der Waals surface area contributed by atoms with Crippen LogP contribution in [0.2, 0.25) is 0 Å². The van der Waals surface area contributed by atoms with Crippen LogP contribution >= 0.6 is 0 Å². The summed E-state index contributed by atoms with van der Waals surface area (Å²) in [5.74, 6) is 1.83. The normalized spacial score (nSPS) is 12.2. The average molecular weight is 267 g/mol. The number of rotatable bonds is 9. The lowest BCUT2D eigenvalue weighted by Crippen LogP contribution is -2.25. The van der Waals surface area contributed by atoms with E-state index in [2.05, 4.69) is 19.2 Å². The molecule has 0 aliphatic carbocycles. The van der Waals surface area contributed by atoms with Crippen molar-refractivity contribution in [1.82, 2.24) is 5.32 Å². The van der Waals surface area contributed by atoms with Gasteiger partial charge in [-0.3, -0.25) is 0 Å². The molecule has 0 saturated heterocycles. The number of ether oxygens (including phenoxy) is 2. The third kappa shape index (κ3) is 5.49. The van der Waals surface area contributed by atoms with Crippen LogP contribution in [0.4, 0.5) is 0 Å². The molecule has 0 aliphatic rings. The van der Waals surface area contributed by atoms with Crippen LogP contribution in [-0.2, 0) is 6.61 Å². The number of methoxy groups -OCH3 is 1. The third-order valence-corrected chi connectivity index (χ3v) is 2.85. The van der Waals surface area contributed by atoms with Gasteiger partial charge in [0.1, 0.15) is 0 Å². The second-order valence-corrected chi connectivity index (χ2v) is 4.76. The molecule has 1 atom stereocenters. The van der Waals surface area contributed by atoms with E-state index in [9.17, 15) is 0 Å². The van der Waals surface area contributed by atoms with E-state index in [1.807, 2.05) is 12.1 Å². The number of hydrogen-bond donors (Lipinski definition) is 2. The smallest absolute Gasteiger partial charge is 0.161 e. The van der Waals surface area contributed by atoms with Gasteiger partial charge < -0.3 is 19.9 Å². The maximum atomic E-state index is 9.08. The first kappa shape index (κ1) is 15.8. The molecule has 0 bridgehead atoms. The Kier molecular flexibility index (Phi) is 7.30. The molecule has 108 valence electrons. The molecule has 19 heavy (non-hydrogen) atoms. The minimum Gasteiger partial charge on any atom is -0.493 e. The van der Waals surface area contributed by atoms with Crippen LogP contribution in [0.3, 0.4) is 0 Å². The molecular weight excluding hydrogens is 242 g/mol. The fraction of sp³-hybridized carbons (Fsp3) is 0.600. The van der Waals surface area contributed by atoms with Gasteiger partial charge >= 0.3 is 0 Å². The van der Waals surface area contributed by atoms with Crippen LogP contribution < -0.4 is 14.8 Å². The lowest BCUT2D eigenvalue weighted by molar-refractivity contribution is 0.243. The molecule has 1 aromatic carbocycles. The SMILES string of the molecule is CCCNCC(C)COc1ccc(CO)cc1OC. The van der Waals surface area contributed by atoms with Crippen molar-refractivity contribution in [2.75, 3.05) is 26.8 Å². The van der Waals surface area contributed by atoms with Crippen molar-refractivity contribution in [3.05, 3.63) is 23.8 Å². The van der Waals surface area contributed by atoms with Crippen LogP contribution in [-0.4, -0.2) is 31.9 Å². The van der Waals surface area contributed by atoms with Crippen LogP contribution in [0.1, 0.15) is 25.8 Å². The second-order valence-electron chi connectivity index (χ2n) is 4.76. The average Bonchev–Trinajstić information content (AvgIpc) is 2.45. The summed E-state index contributed by atoms with van der Waals surface area (Å²) in [6.07, 6.45) is 1.14. The van der Waals surface area contributed by atoms with Gasteiger partial charge in [-0.1, -0.05) is 19.9 Å². The first-order valence-corrected chi connectivity index (χ1v) is 6.82. The van der Waals surface area contributed by atoms with Crippen molar-refractivity contribution in [3.63, 3.8) is 0 Å². The molecule has 0 saturated carbocycles. The van der Waals surface area contributed by atoms with Gasteiger partial charge in [0.25, 0.3) is 0 Å². The molecule has 0 radical (unpaired) electrons. The van der Waals surface area contributed by atoms with Gasteiger partial charge in [-0.2, -0.15) is 0 Å². The summed E-state index contributed by atoms with van der Waals surface area (Å²) in [4.78, 5) is 0. The van der Waals surface area contributed by atoms with Crippen LogP contribution in [0.25, 0.3) is 0 Å². The summed E-state index contributed by atoms with van der Waals surface area (Å²) < 4.78 is 11.0. The molecular formula is C15H25NO3. The molecule has 1 aromatic rings. The number of aliphatic hydroxyl groups is 1. The van der Waals surface area contributed by atoms with E-state index in [4.69, 9.17) is 14.6 Å². The maximum absolute atomic E-state index is 9.08. The van der Waals surface area contributed by atoms with E-state index in [0.717, 1.165) is 30.8 Å². The van der Waals surface area contributed by atoms with Crippen molar-refractivity contribution in [3.8, 4) is 11.5 Å². The quantitative estimate of drug-likeness (QED) is 0.674. The van der Waals surface area contributed by atoms with Crippen LogP contribution in [0.5, 0.6) is 11.5 Å². The Morgan fingerprint density at radius 3 is 2.74 bits per heavy atom. The minimum atomic E-state index is 0.00792. The summed E-state index contributed by atoms with van der Waals surface area (Å²) >= 11 is 0. The standard InChI is InChI=1S/C15H25NO3/c1-4-7-16-9-12(2)11-19-14-6-5-13(10-17)8-15(14)18-3/h5-6,8,12,16-17H,4,7,9-11H2,1-3H3. The van der Waals surface area contributed by atoms with E-state index in [1.54, 1.807) is 13.2 Å². The molecule has 0 fully saturated rings. The largest absolute Gasteiger partial charge is 0.493 e. The summed E-state index contributed by atoms with van der Waals surface area (Å²) in [5.41, 5.74) is 0.821. The highest BCUT2D eigenvalue weighted by atomic mass is 16.5. The highest BCUT2D eigenvalue weighted by Crippen LogP contribution is 2.28. The van der Waals surface area contributed by atoms with Gasteiger partial charge in [-0.15, -0.1) is 0 Å². The van der Waals surface area contributed by atoms with Crippen molar-refractivity contribution in [2.24, 2.45) is 5.92 Å². The van der Waals surface area contributed by atoms with E-state index >= 15 is 0 Å². The highest BCUT2D eigenvalue weighted by Gasteiger charge is 2.08. The Labute approximate surface area is 115 Å². The van der Waals surface area contributed by atoms with E-state index in [0.29, 0.717) is 18.3 Å². The van der Waals surface area contributed by atoms with E-state index in [-0.39, 0.29) is 6.61 Å². The maximum Gasteiger partial charge on any atom is 0.161 e. The molecule has 0 heterocycles. The molecule has 0 amide bonds. The fourth-order valence-electron chi connectivity index (χ4n) is 1.75.